The molecular formula is C15H20O3. The minimum atomic E-state index is -0.199. The van der Waals surface area contributed by atoms with Crippen molar-refractivity contribution in [3.05, 3.63) is 12.2 Å². The Morgan fingerprint density at radius 3 is 2.94 bits per heavy atom. The molecule has 0 amide bonds. The summed E-state index contributed by atoms with van der Waals surface area (Å²) in [5.74, 6) is 1.61. The highest BCUT2D eigenvalue weighted by Gasteiger charge is 2.66. The van der Waals surface area contributed by atoms with Crippen molar-refractivity contribution in [3.63, 3.8) is 0 Å². The van der Waals surface area contributed by atoms with E-state index in [2.05, 4.69) is 13.5 Å². The summed E-state index contributed by atoms with van der Waals surface area (Å²) in [6.45, 7) is 7.81. The van der Waals surface area contributed by atoms with Crippen LogP contribution in [0.4, 0.5) is 0 Å². The Kier molecular flexibility index (Phi) is 2.45. The minimum absolute atomic E-state index is 0.0496. The lowest BCUT2D eigenvalue weighted by atomic mass is 9.79. The van der Waals surface area contributed by atoms with Crippen LogP contribution in [-0.2, 0) is 14.3 Å². The molecule has 0 bridgehead atoms. The van der Waals surface area contributed by atoms with Gasteiger partial charge in [-0.25, -0.2) is 4.79 Å². The molecule has 2 saturated carbocycles. The molecule has 0 spiro atoms. The zero-order valence-corrected chi connectivity index (χ0v) is 11.1. The number of ketones is 1. The molecule has 3 nitrogen and oxygen atoms in total. The van der Waals surface area contributed by atoms with Crippen molar-refractivity contribution in [3.8, 4) is 0 Å². The van der Waals surface area contributed by atoms with Crippen LogP contribution in [0.25, 0.3) is 0 Å². The van der Waals surface area contributed by atoms with Gasteiger partial charge in [-0.2, -0.15) is 0 Å². The van der Waals surface area contributed by atoms with Crippen LogP contribution in [0.3, 0.4) is 0 Å². The second kappa shape index (κ2) is 3.69. The maximum Gasteiger partial charge on any atom is 0.334 e. The molecular weight excluding hydrogens is 228 g/mol. The fourth-order valence-corrected chi connectivity index (χ4v) is 4.25. The second-order valence-corrected chi connectivity index (χ2v) is 6.47. The van der Waals surface area contributed by atoms with E-state index in [0.717, 1.165) is 19.3 Å². The predicted octanol–water partition coefficient (Wildman–Crippen LogP) is 2.50. The number of esters is 1. The third-order valence-corrected chi connectivity index (χ3v) is 5.44. The van der Waals surface area contributed by atoms with Crippen LogP contribution in [0.1, 0.15) is 39.5 Å². The second-order valence-electron chi connectivity index (χ2n) is 6.47. The summed E-state index contributed by atoms with van der Waals surface area (Å²) >= 11 is 0. The number of carbonyl (C=O) groups is 2. The smallest absolute Gasteiger partial charge is 0.334 e. The van der Waals surface area contributed by atoms with Gasteiger partial charge in [-0.3, -0.25) is 0 Å². The van der Waals surface area contributed by atoms with Crippen LogP contribution in [0, 0.1) is 23.2 Å². The van der Waals surface area contributed by atoms with Gasteiger partial charge in [-0.05, 0) is 43.4 Å². The van der Waals surface area contributed by atoms with Crippen LogP contribution >= 0.6 is 0 Å². The lowest BCUT2D eigenvalue weighted by Gasteiger charge is -2.27. The number of fused-ring (bicyclic) bond motifs is 2. The lowest BCUT2D eigenvalue weighted by Crippen LogP contribution is -2.26. The molecule has 3 aliphatic rings. The molecule has 5 atom stereocenters. The number of ether oxygens (including phenoxy) is 1. The standard InChI is InChI=1S/C15H20O3/c1-8(16)4-5-11-12-6-10-9(2)14(17)18-13(10)7-15(11,12)3/h10-13H,2,4-7H2,1,3H3/t10?,11-,12-,13+,15+/m0/s1. The summed E-state index contributed by atoms with van der Waals surface area (Å²) in [6, 6.07) is 0. The Morgan fingerprint density at radius 2 is 2.28 bits per heavy atom. The van der Waals surface area contributed by atoms with Gasteiger partial charge in [0.25, 0.3) is 0 Å². The number of hydrogen-bond acceptors (Lipinski definition) is 3. The van der Waals surface area contributed by atoms with E-state index in [1.807, 2.05) is 0 Å². The summed E-state index contributed by atoms with van der Waals surface area (Å²) in [7, 11) is 0. The summed E-state index contributed by atoms with van der Waals surface area (Å²) in [5.41, 5.74) is 0.959. The summed E-state index contributed by atoms with van der Waals surface area (Å²) < 4.78 is 5.41. The molecule has 3 rings (SSSR count). The van der Waals surface area contributed by atoms with Crippen molar-refractivity contribution >= 4 is 11.8 Å². The quantitative estimate of drug-likeness (QED) is 0.569. The molecule has 1 aliphatic heterocycles. The van der Waals surface area contributed by atoms with Crippen LogP contribution in [-0.4, -0.2) is 17.9 Å². The van der Waals surface area contributed by atoms with Crippen molar-refractivity contribution in [1.82, 2.24) is 0 Å². The van der Waals surface area contributed by atoms with Gasteiger partial charge in [0.1, 0.15) is 11.9 Å². The minimum Gasteiger partial charge on any atom is -0.458 e. The molecule has 0 aromatic heterocycles. The van der Waals surface area contributed by atoms with E-state index >= 15 is 0 Å². The molecule has 0 radical (unpaired) electrons. The monoisotopic (exact) mass is 248 g/mol. The molecule has 2 aliphatic carbocycles. The molecule has 1 unspecified atom stereocenters. The highest BCUT2D eigenvalue weighted by atomic mass is 16.6. The molecule has 3 fully saturated rings. The maximum atomic E-state index is 11.5. The van der Waals surface area contributed by atoms with E-state index in [4.69, 9.17) is 4.74 Å². The topological polar surface area (TPSA) is 43.4 Å². The maximum absolute atomic E-state index is 11.5. The van der Waals surface area contributed by atoms with Gasteiger partial charge in [0.05, 0.1) is 0 Å². The highest BCUT2D eigenvalue weighted by molar-refractivity contribution is 5.90. The Balaban J connectivity index is 1.69. The lowest BCUT2D eigenvalue weighted by molar-refractivity contribution is -0.140. The SMILES string of the molecule is C=C1C(=O)O[C@@H]2C[C@]3(C)[C@@H](CCC(C)=O)[C@@H]3CC12. The normalized spacial score (nSPS) is 45.2. The molecule has 0 aromatic rings. The van der Waals surface area contributed by atoms with Crippen molar-refractivity contribution in [2.75, 3.05) is 0 Å². The van der Waals surface area contributed by atoms with Crippen LogP contribution in [0.2, 0.25) is 0 Å². The van der Waals surface area contributed by atoms with Gasteiger partial charge in [0.2, 0.25) is 0 Å². The fourth-order valence-electron chi connectivity index (χ4n) is 4.25. The van der Waals surface area contributed by atoms with Crippen LogP contribution in [0.5, 0.6) is 0 Å². The Bertz CT molecular complexity index is 439. The third-order valence-electron chi connectivity index (χ3n) is 5.44. The van der Waals surface area contributed by atoms with Gasteiger partial charge in [0.15, 0.2) is 0 Å². The number of carbonyl (C=O) groups excluding carboxylic acids is 2. The van der Waals surface area contributed by atoms with Gasteiger partial charge < -0.3 is 9.53 Å². The molecule has 1 saturated heterocycles. The summed E-state index contributed by atoms with van der Waals surface area (Å²) in [6.07, 6.45) is 3.71. The summed E-state index contributed by atoms with van der Waals surface area (Å²) in [5, 5.41) is 0. The van der Waals surface area contributed by atoms with Gasteiger partial charge in [-0.1, -0.05) is 13.5 Å². The van der Waals surface area contributed by atoms with Crippen molar-refractivity contribution < 1.29 is 14.3 Å². The number of rotatable bonds is 3. The molecule has 0 N–H and O–H groups in total. The van der Waals surface area contributed by atoms with E-state index in [1.165, 1.54) is 0 Å². The first-order chi connectivity index (χ1) is 8.43. The van der Waals surface area contributed by atoms with E-state index in [-0.39, 0.29) is 23.8 Å². The van der Waals surface area contributed by atoms with Crippen molar-refractivity contribution in [2.24, 2.45) is 23.2 Å². The first-order valence-electron chi connectivity index (χ1n) is 6.82. The summed E-state index contributed by atoms with van der Waals surface area (Å²) in [4.78, 5) is 22.6. The average molecular weight is 248 g/mol. The molecule has 3 heteroatoms. The Hall–Kier alpha value is -1.12. The number of hydrogen-bond donors (Lipinski definition) is 0. The van der Waals surface area contributed by atoms with Gasteiger partial charge in [-0.15, -0.1) is 0 Å². The highest BCUT2D eigenvalue weighted by Crippen LogP contribution is 2.70. The Morgan fingerprint density at radius 1 is 1.56 bits per heavy atom. The first kappa shape index (κ1) is 11.9. The van der Waals surface area contributed by atoms with E-state index in [1.54, 1.807) is 6.92 Å². The zero-order chi connectivity index (χ0) is 13.1. The molecule has 1 heterocycles. The van der Waals surface area contributed by atoms with E-state index in [9.17, 15) is 9.59 Å². The van der Waals surface area contributed by atoms with Crippen LogP contribution < -0.4 is 0 Å². The first-order valence-corrected chi connectivity index (χ1v) is 6.82. The molecule has 98 valence electrons. The van der Waals surface area contributed by atoms with Gasteiger partial charge >= 0.3 is 5.97 Å². The Labute approximate surface area is 108 Å². The van der Waals surface area contributed by atoms with Gasteiger partial charge in [0, 0.05) is 17.9 Å². The largest absolute Gasteiger partial charge is 0.458 e. The fraction of sp³-hybridized carbons (Fsp3) is 0.733. The molecule has 18 heavy (non-hydrogen) atoms. The molecule has 0 aromatic carbocycles. The van der Waals surface area contributed by atoms with E-state index < -0.39 is 0 Å². The zero-order valence-electron chi connectivity index (χ0n) is 11.1. The predicted molar refractivity (Wildman–Crippen MR) is 66.7 cm³/mol. The number of Topliss-reactive ketones (excluding diaryl/α,β-unsaturated/α-hetero) is 1. The average Bonchev–Trinajstić information content (AvgIpc) is 2.77. The van der Waals surface area contributed by atoms with Crippen molar-refractivity contribution in [1.29, 1.82) is 0 Å². The van der Waals surface area contributed by atoms with Crippen LogP contribution in [0.15, 0.2) is 12.2 Å². The van der Waals surface area contributed by atoms with Crippen molar-refractivity contribution in [2.45, 2.75) is 45.6 Å². The third kappa shape index (κ3) is 1.56. The van der Waals surface area contributed by atoms with E-state index in [0.29, 0.717) is 29.2 Å².